The molecule has 5 nitrogen and oxygen atoms in total. The fourth-order valence-corrected chi connectivity index (χ4v) is 2.63. The van der Waals surface area contributed by atoms with Crippen molar-refractivity contribution in [2.45, 2.75) is 13.8 Å². The molecule has 0 atom stereocenters. The summed E-state index contributed by atoms with van der Waals surface area (Å²) in [4.78, 5) is 36.8. The minimum atomic E-state index is -0.524. The van der Waals surface area contributed by atoms with Gasteiger partial charge in [-0.2, -0.15) is 0 Å². The van der Waals surface area contributed by atoms with E-state index in [1.807, 2.05) is 0 Å². The quantitative estimate of drug-likeness (QED) is 0.616. The summed E-state index contributed by atoms with van der Waals surface area (Å²) in [5.41, 5.74) is 0.254. The Morgan fingerprint density at radius 3 is 2.50 bits per heavy atom. The molecule has 0 aromatic carbocycles. The highest BCUT2D eigenvalue weighted by molar-refractivity contribution is 7.17. The lowest BCUT2D eigenvalue weighted by Gasteiger charge is -2.13. The van der Waals surface area contributed by atoms with Gasteiger partial charge in [-0.1, -0.05) is 0 Å². The van der Waals surface area contributed by atoms with Gasteiger partial charge >= 0.3 is 5.97 Å². The largest absolute Gasteiger partial charge is 0.462 e. The summed E-state index contributed by atoms with van der Waals surface area (Å²) in [6, 6.07) is 1.62. The van der Waals surface area contributed by atoms with Gasteiger partial charge in [0.1, 0.15) is 5.00 Å². The molecule has 0 spiro atoms. The highest BCUT2D eigenvalue weighted by atomic mass is 32.1. The van der Waals surface area contributed by atoms with Gasteiger partial charge in [-0.3, -0.25) is 9.59 Å². The summed E-state index contributed by atoms with van der Waals surface area (Å²) < 4.78 is 4.91. The van der Waals surface area contributed by atoms with Crippen LogP contribution in [0.15, 0.2) is 18.2 Å². The van der Waals surface area contributed by atoms with E-state index in [0.717, 1.165) is 9.78 Å². The van der Waals surface area contributed by atoms with Crippen LogP contribution in [0.2, 0.25) is 0 Å². The summed E-state index contributed by atoms with van der Waals surface area (Å²) in [7, 11) is 0. The van der Waals surface area contributed by atoms with Crippen molar-refractivity contribution in [1.29, 1.82) is 0 Å². The zero-order valence-electron chi connectivity index (χ0n) is 9.93. The monoisotopic (exact) mass is 265 g/mol. The Balaban J connectivity index is 2.42. The van der Waals surface area contributed by atoms with Crippen LogP contribution >= 0.6 is 11.3 Å². The van der Waals surface area contributed by atoms with Gasteiger partial charge in [0.2, 0.25) is 0 Å². The number of thiophene rings is 1. The molecule has 0 N–H and O–H groups in total. The maximum absolute atomic E-state index is 11.8. The lowest BCUT2D eigenvalue weighted by molar-refractivity contribution is -0.119. The van der Waals surface area contributed by atoms with Crippen LogP contribution in [0.3, 0.4) is 0 Å². The molecule has 0 saturated heterocycles. The molecule has 0 bridgehead atoms. The first-order valence-corrected chi connectivity index (χ1v) is 6.20. The molecule has 1 aliphatic rings. The van der Waals surface area contributed by atoms with E-state index in [0.29, 0.717) is 5.00 Å². The van der Waals surface area contributed by atoms with Crippen LogP contribution in [0.5, 0.6) is 0 Å². The number of esters is 1. The maximum atomic E-state index is 11.8. The van der Waals surface area contributed by atoms with Crippen molar-refractivity contribution in [2.24, 2.45) is 0 Å². The van der Waals surface area contributed by atoms with Crippen molar-refractivity contribution in [3.05, 3.63) is 28.7 Å². The number of nitrogens with zero attached hydrogens (tertiary/aromatic N) is 1. The van der Waals surface area contributed by atoms with Gasteiger partial charge in [0, 0.05) is 17.0 Å². The highest BCUT2D eigenvalue weighted by Crippen LogP contribution is 2.33. The molecule has 2 rings (SSSR count). The van der Waals surface area contributed by atoms with E-state index < -0.39 is 17.8 Å². The Morgan fingerprint density at radius 2 is 1.94 bits per heavy atom. The molecule has 94 valence electrons. The van der Waals surface area contributed by atoms with E-state index in [-0.39, 0.29) is 12.2 Å². The second-order valence-corrected chi connectivity index (χ2v) is 4.88. The normalized spacial score (nSPS) is 14.4. The average molecular weight is 265 g/mol. The van der Waals surface area contributed by atoms with E-state index in [9.17, 15) is 14.4 Å². The summed E-state index contributed by atoms with van der Waals surface area (Å²) in [6.07, 6.45) is 2.37. The van der Waals surface area contributed by atoms with Gasteiger partial charge < -0.3 is 4.74 Å². The number of ether oxygens (including phenoxy) is 1. The van der Waals surface area contributed by atoms with Crippen LogP contribution in [0, 0.1) is 6.92 Å². The molecule has 0 fully saturated rings. The van der Waals surface area contributed by atoms with Crippen molar-refractivity contribution >= 4 is 34.1 Å². The molecule has 18 heavy (non-hydrogen) atoms. The number of carbonyl (C=O) groups is 3. The second kappa shape index (κ2) is 4.73. The first-order valence-electron chi connectivity index (χ1n) is 5.38. The maximum Gasteiger partial charge on any atom is 0.341 e. The van der Waals surface area contributed by atoms with Crippen LogP contribution in [-0.4, -0.2) is 24.4 Å². The van der Waals surface area contributed by atoms with Crippen molar-refractivity contribution < 1.29 is 19.1 Å². The first-order chi connectivity index (χ1) is 8.54. The number of imide groups is 1. The summed E-state index contributed by atoms with van der Waals surface area (Å²) >= 11 is 1.22. The first kappa shape index (κ1) is 12.5. The van der Waals surface area contributed by atoms with Gasteiger partial charge in [0.15, 0.2) is 0 Å². The molecule has 1 aromatic rings. The molecule has 0 aliphatic carbocycles. The highest BCUT2D eigenvalue weighted by Gasteiger charge is 2.31. The zero-order chi connectivity index (χ0) is 13.3. The number of aryl methyl sites for hydroxylation is 1. The molecular weight excluding hydrogens is 254 g/mol. The Hall–Kier alpha value is -1.95. The lowest BCUT2D eigenvalue weighted by Crippen LogP contribution is -2.30. The molecule has 1 aromatic heterocycles. The van der Waals surface area contributed by atoms with E-state index in [2.05, 4.69) is 0 Å². The minimum absolute atomic E-state index is 0.243. The van der Waals surface area contributed by atoms with Crippen molar-refractivity contribution in [3.63, 3.8) is 0 Å². The fraction of sp³-hybridized carbons (Fsp3) is 0.250. The third-order valence-corrected chi connectivity index (χ3v) is 3.38. The van der Waals surface area contributed by atoms with Crippen molar-refractivity contribution in [3.8, 4) is 0 Å². The predicted molar refractivity (Wildman–Crippen MR) is 66.6 cm³/mol. The molecule has 0 unspecified atom stereocenters. The van der Waals surface area contributed by atoms with Crippen LogP contribution in [-0.2, 0) is 14.3 Å². The molecule has 2 amide bonds. The third-order valence-electron chi connectivity index (χ3n) is 2.34. The van der Waals surface area contributed by atoms with Crippen molar-refractivity contribution in [1.82, 2.24) is 0 Å². The Kier molecular flexibility index (Phi) is 3.29. The second-order valence-electron chi connectivity index (χ2n) is 3.64. The lowest BCUT2D eigenvalue weighted by atomic mass is 10.3. The molecule has 6 heteroatoms. The molecule has 1 aliphatic heterocycles. The topological polar surface area (TPSA) is 63.7 Å². The SMILES string of the molecule is CCOC(=O)c1cc(C)sc1N1C(=O)C=CC1=O. The Labute approximate surface area is 108 Å². The fourth-order valence-electron chi connectivity index (χ4n) is 1.62. The number of carbonyl (C=O) groups excluding carboxylic acids is 3. The smallest absolute Gasteiger partial charge is 0.341 e. The number of rotatable bonds is 3. The summed E-state index contributed by atoms with van der Waals surface area (Å²) in [6.45, 7) is 3.74. The van der Waals surface area contributed by atoms with E-state index in [1.54, 1.807) is 19.9 Å². The standard InChI is InChI=1S/C12H11NO4S/c1-3-17-12(16)8-6-7(2)18-11(8)13-9(14)4-5-10(13)15/h4-6H,3H2,1-2H3. The van der Waals surface area contributed by atoms with Crippen LogP contribution in [0.4, 0.5) is 5.00 Å². The van der Waals surface area contributed by atoms with Crippen LogP contribution < -0.4 is 4.90 Å². The number of hydrogen-bond donors (Lipinski definition) is 0. The summed E-state index contributed by atoms with van der Waals surface area (Å²) in [5.74, 6) is -1.40. The van der Waals surface area contributed by atoms with Gasteiger partial charge in [0.05, 0.1) is 12.2 Å². The van der Waals surface area contributed by atoms with E-state index in [4.69, 9.17) is 4.74 Å². The third kappa shape index (κ3) is 2.06. The van der Waals surface area contributed by atoms with Gasteiger partial charge in [-0.05, 0) is 19.9 Å². The van der Waals surface area contributed by atoms with E-state index in [1.165, 1.54) is 23.5 Å². The average Bonchev–Trinajstić information content (AvgIpc) is 2.83. The van der Waals surface area contributed by atoms with Gasteiger partial charge in [-0.25, -0.2) is 9.69 Å². The zero-order valence-corrected chi connectivity index (χ0v) is 10.7. The molecule has 0 saturated carbocycles. The molecule has 2 heterocycles. The number of hydrogen-bond acceptors (Lipinski definition) is 5. The van der Waals surface area contributed by atoms with Crippen molar-refractivity contribution in [2.75, 3.05) is 11.5 Å². The van der Waals surface area contributed by atoms with E-state index >= 15 is 0 Å². The molecular formula is C12H11NO4S. The molecule has 0 radical (unpaired) electrons. The van der Waals surface area contributed by atoms with Crippen LogP contribution in [0.1, 0.15) is 22.2 Å². The van der Waals surface area contributed by atoms with Gasteiger partial charge in [0.25, 0.3) is 11.8 Å². The minimum Gasteiger partial charge on any atom is -0.462 e. The Bertz CT molecular complexity index is 540. The number of anilines is 1. The summed E-state index contributed by atoms with van der Waals surface area (Å²) in [5, 5.41) is 0.325. The number of amides is 2. The Morgan fingerprint density at radius 1 is 1.33 bits per heavy atom. The van der Waals surface area contributed by atoms with Crippen LogP contribution in [0.25, 0.3) is 0 Å². The predicted octanol–water partition coefficient (Wildman–Crippen LogP) is 1.66. The van der Waals surface area contributed by atoms with Gasteiger partial charge in [-0.15, -0.1) is 11.3 Å².